The van der Waals surface area contributed by atoms with Crippen molar-refractivity contribution < 1.29 is 4.74 Å². The lowest BCUT2D eigenvalue weighted by Crippen LogP contribution is -2.11. The SMILES string of the molecule is CCCOc1cc(N(C)C)c(CC)cc1Br. The Bertz CT molecular complexity index is 350. The van der Waals surface area contributed by atoms with Crippen molar-refractivity contribution in [2.75, 3.05) is 25.6 Å². The number of aryl methyl sites for hydroxylation is 1. The first-order chi connectivity index (χ1) is 7.60. The molecule has 0 unspecified atom stereocenters. The highest BCUT2D eigenvalue weighted by Crippen LogP contribution is 2.33. The fourth-order valence-corrected chi connectivity index (χ4v) is 2.11. The van der Waals surface area contributed by atoms with E-state index in [-0.39, 0.29) is 0 Å². The third-order valence-corrected chi connectivity index (χ3v) is 3.08. The van der Waals surface area contributed by atoms with E-state index >= 15 is 0 Å². The summed E-state index contributed by atoms with van der Waals surface area (Å²) < 4.78 is 6.75. The molecule has 0 aromatic heterocycles. The van der Waals surface area contributed by atoms with E-state index in [9.17, 15) is 0 Å². The predicted octanol–water partition coefficient (Wildman–Crippen LogP) is 3.87. The lowest BCUT2D eigenvalue weighted by molar-refractivity contribution is 0.315. The molecule has 3 heteroatoms. The van der Waals surface area contributed by atoms with Crippen molar-refractivity contribution in [2.45, 2.75) is 26.7 Å². The second kappa shape index (κ2) is 6.14. The van der Waals surface area contributed by atoms with Crippen LogP contribution in [0.4, 0.5) is 5.69 Å². The Morgan fingerprint density at radius 2 is 1.94 bits per heavy atom. The van der Waals surface area contributed by atoms with Crippen molar-refractivity contribution in [2.24, 2.45) is 0 Å². The van der Waals surface area contributed by atoms with Crippen LogP contribution in [-0.4, -0.2) is 20.7 Å². The van der Waals surface area contributed by atoms with E-state index in [2.05, 4.69) is 60.9 Å². The Balaban J connectivity index is 3.06. The van der Waals surface area contributed by atoms with Gasteiger partial charge in [-0.05, 0) is 40.4 Å². The van der Waals surface area contributed by atoms with Crippen molar-refractivity contribution in [3.8, 4) is 5.75 Å². The van der Waals surface area contributed by atoms with E-state index in [4.69, 9.17) is 4.74 Å². The molecule has 0 aliphatic rings. The quantitative estimate of drug-likeness (QED) is 0.814. The van der Waals surface area contributed by atoms with Gasteiger partial charge >= 0.3 is 0 Å². The molecule has 16 heavy (non-hydrogen) atoms. The van der Waals surface area contributed by atoms with Gasteiger partial charge in [-0.2, -0.15) is 0 Å². The standard InChI is InChI=1S/C13H20BrNO/c1-5-7-16-13-9-12(15(3)4)10(6-2)8-11(13)14/h8-9H,5-7H2,1-4H3. The lowest BCUT2D eigenvalue weighted by atomic mass is 10.1. The topological polar surface area (TPSA) is 12.5 Å². The van der Waals surface area contributed by atoms with Gasteiger partial charge in [0.25, 0.3) is 0 Å². The molecule has 1 aromatic carbocycles. The maximum atomic E-state index is 5.70. The number of hydrogen-bond acceptors (Lipinski definition) is 2. The monoisotopic (exact) mass is 285 g/mol. The predicted molar refractivity (Wildman–Crippen MR) is 73.6 cm³/mol. The molecule has 0 amide bonds. The number of nitrogens with zero attached hydrogens (tertiary/aromatic N) is 1. The van der Waals surface area contributed by atoms with Crippen LogP contribution in [0.25, 0.3) is 0 Å². The van der Waals surface area contributed by atoms with Crippen LogP contribution in [0.2, 0.25) is 0 Å². The second-order valence-electron chi connectivity index (χ2n) is 4.01. The van der Waals surface area contributed by atoms with Crippen molar-refractivity contribution in [3.05, 3.63) is 22.2 Å². The number of ether oxygens (including phenoxy) is 1. The molecular weight excluding hydrogens is 266 g/mol. The maximum Gasteiger partial charge on any atom is 0.135 e. The van der Waals surface area contributed by atoms with Gasteiger partial charge in [0, 0.05) is 25.8 Å². The summed E-state index contributed by atoms with van der Waals surface area (Å²) >= 11 is 3.56. The first-order valence-electron chi connectivity index (χ1n) is 5.72. The minimum atomic E-state index is 0.761. The van der Waals surface area contributed by atoms with Gasteiger partial charge in [0.05, 0.1) is 11.1 Å². The summed E-state index contributed by atoms with van der Waals surface area (Å²) in [4.78, 5) is 2.13. The summed E-state index contributed by atoms with van der Waals surface area (Å²) in [6.45, 7) is 5.04. The molecule has 1 rings (SSSR count). The second-order valence-corrected chi connectivity index (χ2v) is 4.86. The van der Waals surface area contributed by atoms with Gasteiger partial charge in [-0.15, -0.1) is 0 Å². The highest BCUT2D eigenvalue weighted by atomic mass is 79.9. The van der Waals surface area contributed by atoms with Crippen molar-refractivity contribution in [1.29, 1.82) is 0 Å². The van der Waals surface area contributed by atoms with Crippen LogP contribution in [-0.2, 0) is 6.42 Å². The minimum Gasteiger partial charge on any atom is -0.492 e. The minimum absolute atomic E-state index is 0.761. The summed E-state index contributed by atoms with van der Waals surface area (Å²) in [6.07, 6.45) is 2.05. The van der Waals surface area contributed by atoms with E-state index in [0.717, 1.165) is 29.7 Å². The summed E-state index contributed by atoms with van der Waals surface area (Å²) in [5.41, 5.74) is 2.57. The molecule has 0 N–H and O–H groups in total. The zero-order valence-electron chi connectivity index (χ0n) is 10.5. The average molecular weight is 286 g/mol. The summed E-state index contributed by atoms with van der Waals surface area (Å²) in [7, 11) is 4.12. The number of rotatable bonds is 5. The number of hydrogen-bond donors (Lipinski definition) is 0. The zero-order chi connectivity index (χ0) is 12.1. The van der Waals surface area contributed by atoms with Crippen LogP contribution in [0.3, 0.4) is 0 Å². The third kappa shape index (κ3) is 3.14. The zero-order valence-corrected chi connectivity index (χ0v) is 12.1. The molecule has 0 atom stereocenters. The number of anilines is 1. The molecule has 0 spiro atoms. The first-order valence-corrected chi connectivity index (χ1v) is 6.52. The molecule has 90 valence electrons. The lowest BCUT2D eigenvalue weighted by Gasteiger charge is -2.19. The van der Waals surface area contributed by atoms with Crippen LogP contribution in [0.5, 0.6) is 5.75 Å². The van der Waals surface area contributed by atoms with E-state index in [0.29, 0.717) is 0 Å². The Kier molecular flexibility index (Phi) is 5.13. The molecule has 0 saturated heterocycles. The van der Waals surface area contributed by atoms with Gasteiger partial charge < -0.3 is 9.64 Å². The molecule has 0 radical (unpaired) electrons. The van der Waals surface area contributed by atoms with Crippen LogP contribution >= 0.6 is 15.9 Å². The fourth-order valence-electron chi connectivity index (χ4n) is 1.61. The Hall–Kier alpha value is -0.700. The highest BCUT2D eigenvalue weighted by molar-refractivity contribution is 9.10. The maximum absolute atomic E-state index is 5.70. The Morgan fingerprint density at radius 3 is 2.44 bits per heavy atom. The van der Waals surface area contributed by atoms with Crippen molar-refractivity contribution in [1.82, 2.24) is 0 Å². The molecule has 1 aromatic rings. The molecule has 0 bridgehead atoms. The van der Waals surface area contributed by atoms with Crippen LogP contribution in [0, 0.1) is 0 Å². The van der Waals surface area contributed by atoms with Gasteiger partial charge in [-0.3, -0.25) is 0 Å². The largest absolute Gasteiger partial charge is 0.492 e. The van der Waals surface area contributed by atoms with Crippen LogP contribution in [0.1, 0.15) is 25.8 Å². The summed E-state index contributed by atoms with van der Waals surface area (Å²) in [5, 5.41) is 0. The molecule has 0 fully saturated rings. The highest BCUT2D eigenvalue weighted by Gasteiger charge is 2.09. The Labute approximate surface area is 107 Å². The van der Waals surface area contributed by atoms with Crippen molar-refractivity contribution >= 4 is 21.6 Å². The molecule has 0 saturated carbocycles. The van der Waals surface area contributed by atoms with Crippen LogP contribution < -0.4 is 9.64 Å². The summed E-state index contributed by atoms with van der Waals surface area (Å²) in [6, 6.07) is 4.26. The van der Waals surface area contributed by atoms with Gasteiger partial charge in [-0.25, -0.2) is 0 Å². The first kappa shape index (κ1) is 13.4. The van der Waals surface area contributed by atoms with E-state index in [1.54, 1.807) is 0 Å². The van der Waals surface area contributed by atoms with E-state index in [1.165, 1.54) is 11.3 Å². The van der Waals surface area contributed by atoms with Gasteiger partial charge in [-0.1, -0.05) is 13.8 Å². The Morgan fingerprint density at radius 1 is 1.25 bits per heavy atom. The number of benzene rings is 1. The third-order valence-electron chi connectivity index (χ3n) is 2.46. The van der Waals surface area contributed by atoms with Crippen molar-refractivity contribution in [3.63, 3.8) is 0 Å². The number of halogens is 1. The molecule has 0 heterocycles. The summed E-state index contributed by atoms with van der Waals surface area (Å²) in [5.74, 6) is 0.933. The molecule has 0 aliphatic heterocycles. The smallest absolute Gasteiger partial charge is 0.135 e. The van der Waals surface area contributed by atoms with Crippen LogP contribution in [0.15, 0.2) is 16.6 Å². The average Bonchev–Trinajstić information content (AvgIpc) is 2.26. The molecular formula is C13H20BrNO. The molecule has 0 aliphatic carbocycles. The fraction of sp³-hybridized carbons (Fsp3) is 0.538. The van der Waals surface area contributed by atoms with E-state index in [1.807, 2.05) is 0 Å². The van der Waals surface area contributed by atoms with Gasteiger partial charge in [0.1, 0.15) is 5.75 Å². The molecule has 2 nitrogen and oxygen atoms in total. The van der Waals surface area contributed by atoms with Gasteiger partial charge in [0.15, 0.2) is 0 Å². The van der Waals surface area contributed by atoms with Gasteiger partial charge in [0.2, 0.25) is 0 Å². The van der Waals surface area contributed by atoms with E-state index < -0.39 is 0 Å². The normalized spacial score (nSPS) is 10.3.